The molecule has 4 fully saturated rings. The molecule has 2 amide bonds. The second kappa shape index (κ2) is 9.30. The normalized spacial score (nSPS) is 28.1. The molecule has 0 heterocycles. The predicted octanol–water partition coefficient (Wildman–Crippen LogP) is 4.05. The van der Waals surface area contributed by atoms with Gasteiger partial charge in [-0.1, -0.05) is 0 Å². The maximum atomic E-state index is 13.1. The maximum Gasteiger partial charge on any atom is 0.228 e. The summed E-state index contributed by atoms with van der Waals surface area (Å²) in [5.41, 5.74) is 0.559. The Bertz CT molecular complexity index is 807. The van der Waals surface area contributed by atoms with Crippen LogP contribution < -0.4 is 15.0 Å². The number of hydrogen-bond acceptors (Lipinski definition) is 4. The van der Waals surface area contributed by atoms with Crippen LogP contribution in [0.15, 0.2) is 24.3 Å². The Kier molecular flexibility index (Phi) is 6.50. The van der Waals surface area contributed by atoms with Crippen LogP contribution in [0.2, 0.25) is 0 Å². The van der Waals surface area contributed by atoms with Gasteiger partial charge in [0.25, 0.3) is 0 Å². The van der Waals surface area contributed by atoms with Crippen molar-refractivity contribution in [2.45, 2.75) is 58.3 Å². The number of carbonyl (C=O) groups is 2. The Morgan fingerprint density at radius 1 is 1.13 bits per heavy atom. The van der Waals surface area contributed by atoms with Crippen LogP contribution in [0.5, 0.6) is 5.75 Å². The molecule has 0 aliphatic heterocycles. The number of hydrogen-bond donors (Lipinski definition) is 1. The number of nitrogens with one attached hydrogen (secondary N) is 1. The van der Waals surface area contributed by atoms with E-state index in [1.807, 2.05) is 31.2 Å². The molecule has 4 saturated carbocycles. The maximum absolute atomic E-state index is 13.1. The van der Waals surface area contributed by atoms with E-state index in [0.29, 0.717) is 19.7 Å². The molecule has 1 aromatic rings. The highest BCUT2D eigenvalue weighted by Gasteiger charge is 2.54. The van der Waals surface area contributed by atoms with E-state index in [9.17, 15) is 9.59 Å². The summed E-state index contributed by atoms with van der Waals surface area (Å²) in [7, 11) is 0. The summed E-state index contributed by atoms with van der Waals surface area (Å²) < 4.78 is 5.47. The summed E-state index contributed by atoms with van der Waals surface area (Å²) in [6, 6.07) is 9.47. The van der Waals surface area contributed by atoms with E-state index in [2.05, 4.69) is 11.4 Å². The van der Waals surface area contributed by atoms with Crippen molar-refractivity contribution in [1.82, 2.24) is 5.32 Å². The van der Waals surface area contributed by atoms with Gasteiger partial charge < -0.3 is 15.0 Å². The molecule has 0 spiro atoms. The molecule has 0 aromatic heterocycles. The van der Waals surface area contributed by atoms with Gasteiger partial charge in [-0.3, -0.25) is 9.59 Å². The van der Waals surface area contributed by atoms with E-state index in [4.69, 9.17) is 10.00 Å². The van der Waals surface area contributed by atoms with Gasteiger partial charge in [0.1, 0.15) is 5.75 Å². The predicted molar refractivity (Wildman–Crippen MR) is 118 cm³/mol. The third-order valence-electron chi connectivity index (χ3n) is 7.35. The van der Waals surface area contributed by atoms with Crippen LogP contribution in [0.25, 0.3) is 0 Å². The summed E-state index contributed by atoms with van der Waals surface area (Å²) in [5, 5.41) is 12.1. The molecule has 31 heavy (non-hydrogen) atoms. The van der Waals surface area contributed by atoms with Crippen molar-refractivity contribution >= 4 is 17.5 Å². The fourth-order valence-electron chi connectivity index (χ4n) is 6.44. The highest BCUT2D eigenvalue weighted by molar-refractivity contribution is 5.94. The van der Waals surface area contributed by atoms with Crippen molar-refractivity contribution in [3.63, 3.8) is 0 Å². The number of carbonyl (C=O) groups excluding carboxylic acids is 2. The lowest BCUT2D eigenvalue weighted by atomic mass is 9.49. The van der Waals surface area contributed by atoms with Gasteiger partial charge in [-0.15, -0.1) is 0 Å². The molecule has 166 valence electrons. The minimum Gasteiger partial charge on any atom is -0.494 e. The molecule has 0 radical (unpaired) electrons. The van der Waals surface area contributed by atoms with E-state index in [1.54, 1.807) is 4.90 Å². The minimum absolute atomic E-state index is 0.0785. The third-order valence-corrected chi connectivity index (χ3v) is 7.35. The first-order chi connectivity index (χ1) is 15.0. The van der Waals surface area contributed by atoms with Crippen LogP contribution in [-0.4, -0.2) is 31.5 Å². The Hall–Kier alpha value is -2.55. The van der Waals surface area contributed by atoms with Gasteiger partial charge in [0, 0.05) is 30.6 Å². The second-order valence-electron chi connectivity index (χ2n) is 9.58. The lowest BCUT2D eigenvalue weighted by Crippen LogP contribution is -2.53. The van der Waals surface area contributed by atoms with Gasteiger partial charge in [-0.05, 0) is 87.5 Å². The zero-order chi connectivity index (χ0) is 21.8. The van der Waals surface area contributed by atoms with Gasteiger partial charge in [-0.2, -0.15) is 5.26 Å². The number of anilines is 1. The summed E-state index contributed by atoms with van der Waals surface area (Å²) in [6.07, 6.45) is 7.50. The number of nitrogens with zero attached hydrogens (tertiary/aromatic N) is 2. The van der Waals surface area contributed by atoms with E-state index < -0.39 is 0 Å². The Morgan fingerprint density at radius 3 is 2.29 bits per heavy atom. The van der Waals surface area contributed by atoms with Crippen LogP contribution in [0.3, 0.4) is 0 Å². The van der Waals surface area contributed by atoms with Crippen molar-refractivity contribution in [3.05, 3.63) is 24.3 Å². The Morgan fingerprint density at radius 2 is 1.74 bits per heavy atom. The van der Waals surface area contributed by atoms with Gasteiger partial charge in [0.2, 0.25) is 11.8 Å². The van der Waals surface area contributed by atoms with Crippen LogP contribution in [0.1, 0.15) is 58.3 Å². The molecule has 0 atom stereocenters. The molecule has 4 bridgehead atoms. The van der Waals surface area contributed by atoms with Gasteiger partial charge in [0.05, 0.1) is 19.1 Å². The average molecular weight is 424 g/mol. The largest absolute Gasteiger partial charge is 0.494 e. The number of rotatable bonds is 9. The van der Waals surface area contributed by atoms with Crippen molar-refractivity contribution in [2.24, 2.45) is 23.2 Å². The second-order valence-corrected chi connectivity index (χ2v) is 9.58. The summed E-state index contributed by atoms with van der Waals surface area (Å²) >= 11 is 0. The lowest BCUT2D eigenvalue weighted by molar-refractivity contribution is -0.146. The highest BCUT2D eigenvalue weighted by Crippen LogP contribution is 2.60. The van der Waals surface area contributed by atoms with E-state index in [0.717, 1.165) is 48.5 Å². The van der Waals surface area contributed by atoms with E-state index in [-0.39, 0.29) is 30.1 Å². The fourth-order valence-corrected chi connectivity index (χ4v) is 6.44. The number of amides is 2. The van der Waals surface area contributed by atoms with Crippen LogP contribution >= 0.6 is 0 Å². The number of ether oxygens (including phenoxy) is 1. The van der Waals surface area contributed by atoms with Crippen LogP contribution in [-0.2, 0) is 9.59 Å². The van der Waals surface area contributed by atoms with Crippen molar-refractivity contribution < 1.29 is 14.3 Å². The topological polar surface area (TPSA) is 82.4 Å². The highest BCUT2D eigenvalue weighted by atomic mass is 16.5. The monoisotopic (exact) mass is 423 g/mol. The summed E-state index contributed by atoms with van der Waals surface area (Å²) in [5.74, 6) is 3.00. The smallest absolute Gasteiger partial charge is 0.228 e. The van der Waals surface area contributed by atoms with Crippen LogP contribution in [0.4, 0.5) is 5.69 Å². The number of nitriles is 1. The van der Waals surface area contributed by atoms with E-state index in [1.165, 1.54) is 19.3 Å². The van der Waals surface area contributed by atoms with Crippen molar-refractivity contribution in [1.29, 1.82) is 5.26 Å². The molecule has 6 nitrogen and oxygen atoms in total. The molecule has 1 aromatic carbocycles. The standard InChI is InChI=1S/C25H33N3O3/c1-2-31-22-6-4-21(5-7-22)28(11-3-9-26)23(29)8-10-27-24(30)25-15-18-12-19(16-25)14-20(13-18)17-25/h4-7,18-20H,2-3,8,10-17H2,1H3,(H,27,30). The zero-order valence-electron chi connectivity index (χ0n) is 18.4. The molecule has 1 N–H and O–H groups in total. The van der Waals surface area contributed by atoms with Gasteiger partial charge >= 0.3 is 0 Å². The van der Waals surface area contributed by atoms with Crippen molar-refractivity contribution in [2.75, 3.05) is 24.6 Å². The average Bonchev–Trinajstić information content (AvgIpc) is 2.74. The SMILES string of the molecule is CCOc1ccc(N(CCC#N)C(=O)CCNC(=O)C23CC4CC(CC(C4)C2)C3)cc1. The van der Waals surface area contributed by atoms with Gasteiger partial charge in [0.15, 0.2) is 0 Å². The minimum atomic E-state index is -0.187. The molecule has 4 aliphatic rings. The molecular weight excluding hydrogens is 390 g/mol. The number of benzene rings is 1. The summed E-state index contributed by atoms with van der Waals surface area (Å²) in [6.45, 7) is 3.19. The Balaban J connectivity index is 1.33. The molecule has 5 rings (SSSR count). The molecule has 0 unspecified atom stereocenters. The molecule has 0 saturated heterocycles. The summed E-state index contributed by atoms with van der Waals surface area (Å²) in [4.78, 5) is 27.7. The Labute approximate surface area is 184 Å². The third kappa shape index (κ3) is 4.71. The molecule has 4 aliphatic carbocycles. The quantitative estimate of drug-likeness (QED) is 0.649. The van der Waals surface area contributed by atoms with E-state index >= 15 is 0 Å². The first-order valence-corrected chi connectivity index (χ1v) is 11.7. The lowest BCUT2D eigenvalue weighted by Gasteiger charge is -2.55. The van der Waals surface area contributed by atoms with Crippen molar-refractivity contribution in [3.8, 4) is 11.8 Å². The van der Waals surface area contributed by atoms with Crippen LogP contribution in [0, 0.1) is 34.5 Å². The van der Waals surface area contributed by atoms with Gasteiger partial charge in [-0.25, -0.2) is 0 Å². The molecule has 6 heteroatoms. The molecular formula is C25H33N3O3. The first kappa shape index (κ1) is 21.7. The first-order valence-electron chi connectivity index (χ1n) is 11.7. The fraction of sp³-hybridized carbons (Fsp3) is 0.640. The zero-order valence-corrected chi connectivity index (χ0v) is 18.4.